The lowest BCUT2D eigenvalue weighted by atomic mass is 10.2. The molecule has 0 heterocycles. The van der Waals surface area contributed by atoms with Gasteiger partial charge in [-0.1, -0.05) is 13.8 Å². The van der Waals surface area contributed by atoms with E-state index >= 15 is 0 Å². The first-order valence-corrected chi connectivity index (χ1v) is 5.75. The van der Waals surface area contributed by atoms with Gasteiger partial charge in [0.05, 0.1) is 6.61 Å². The van der Waals surface area contributed by atoms with Gasteiger partial charge in [0, 0.05) is 19.6 Å². The maximum absolute atomic E-state index is 11.3. The normalized spacial score (nSPS) is 11.7. The molecule has 0 radical (unpaired) electrons. The van der Waals surface area contributed by atoms with Crippen LogP contribution in [0.25, 0.3) is 0 Å². The highest BCUT2D eigenvalue weighted by Crippen LogP contribution is 1.92. The summed E-state index contributed by atoms with van der Waals surface area (Å²) in [4.78, 5) is 22.0. The van der Waals surface area contributed by atoms with E-state index in [9.17, 15) is 9.59 Å². The number of ether oxygens (including phenoxy) is 1. The maximum Gasteiger partial charge on any atom is 0.327 e. The molecule has 0 spiro atoms. The highest BCUT2D eigenvalue weighted by atomic mass is 16.5. The van der Waals surface area contributed by atoms with Gasteiger partial charge < -0.3 is 20.5 Å². The fourth-order valence-electron chi connectivity index (χ4n) is 1.08. The van der Waals surface area contributed by atoms with Crippen LogP contribution in [0.2, 0.25) is 0 Å². The Bertz CT molecular complexity index is 310. The summed E-state index contributed by atoms with van der Waals surface area (Å²) in [5.74, 6) is 1.48. The third-order valence-electron chi connectivity index (χ3n) is 1.91. The summed E-state index contributed by atoms with van der Waals surface area (Å²) in [5, 5.41) is 13.5. The Morgan fingerprint density at radius 2 is 2.11 bits per heavy atom. The smallest absolute Gasteiger partial charge is 0.327 e. The first-order chi connectivity index (χ1) is 8.47. The molecule has 6 nitrogen and oxygen atoms in total. The van der Waals surface area contributed by atoms with Gasteiger partial charge >= 0.3 is 12.0 Å². The summed E-state index contributed by atoms with van der Waals surface area (Å²) >= 11 is 0. The predicted molar refractivity (Wildman–Crippen MR) is 67.1 cm³/mol. The number of terminal acetylenes is 1. The molecule has 0 aliphatic rings. The molecule has 0 saturated carbocycles. The number of rotatable bonds is 8. The minimum atomic E-state index is -1.15. The Balaban J connectivity index is 3.76. The van der Waals surface area contributed by atoms with Crippen LogP contribution in [0, 0.1) is 18.3 Å². The minimum Gasteiger partial charge on any atom is -0.480 e. The molecule has 0 fully saturated rings. The van der Waals surface area contributed by atoms with Crippen LogP contribution in [0.1, 0.15) is 20.3 Å². The van der Waals surface area contributed by atoms with E-state index in [-0.39, 0.29) is 6.42 Å². The van der Waals surface area contributed by atoms with E-state index in [1.165, 1.54) is 0 Å². The zero-order valence-corrected chi connectivity index (χ0v) is 10.7. The number of carbonyl (C=O) groups is 2. The van der Waals surface area contributed by atoms with Gasteiger partial charge in [0.25, 0.3) is 0 Å². The molecular weight excluding hydrogens is 236 g/mol. The Kier molecular flexibility index (Phi) is 8.41. The summed E-state index contributed by atoms with van der Waals surface area (Å²) in [7, 11) is 0. The van der Waals surface area contributed by atoms with E-state index in [1.807, 2.05) is 13.8 Å². The standard InChI is InChI=1S/C12H20N2O4/c1-4-5-10(11(15)16)14-12(17)13-6-7-18-8-9(2)3/h1,9-10H,5-8H2,2-3H3,(H,15,16)(H2,13,14,17). The fraction of sp³-hybridized carbons (Fsp3) is 0.667. The van der Waals surface area contributed by atoms with Crippen molar-refractivity contribution in [1.82, 2.24) is 10.6 Å². The topological polar surface area (TPSA) is 87.7 Å². The molecule has 6 heteroatoms. The monoisotopic (exact) mass is 256 g/mol. The van der Waals surface area contributed by atoms with E-state index in [0.29, 0.717) is 25.7 Å². The Morgan fingerprint density at radius 1 is 1.44 bits per heavy atom. The van der Waals surface area contributed by atoms with Crippen molar-refractivity contribution >= 4 is 12.0 Å². The number of hydrogen-bond donors (Lipinski definition) is 3. The van der Waals surface area contributed by atoms with Gasteiger partial charge in [0.15, 0.2) is 0 Å². The molecule has 1 unspecified atom stereocenters. The second-order valence-corrected chi connectivity index (χ2v) is 4.17. The van der Waals surface area contributed by atoms with E-state index in [0.717, 1.165) is 0 Å². The van der Waals surface area contributed by atoms with E-state index in [1.54, 1.807) is 0 Å². The molecule has 1 atom stereocenters. The lowest BCUT2D eigenvalue weighted by Crippen LogP contribution is -2.46. The van der Waals surface area contributed by atoms with Crippen molar-refractivity contribution in [2.75, 3.05) is 19.8 Å². The number of aliphatic carboxylic acids is 1. The van der Waals surface area contributed by atoms with Crippen molar-refractivity contribution in [1.29, 1.82) is 0 Å². The zero-order valence-electron chi connectivity index (χ0n) is 10.7. The van der Waals surface area contributed by atoms with Gasteiger partial charge in [0.2, 0.25) is 0 Å². The molecular formula is C12H20N2O4. The van der Waals surface area contributed by atoms with Crippen molar-refractivity contribution in [3.8, 4) is 12.3 Å². The largest absolute Gasteiger partial charge is 0.480 e. The molecule has 0 saturated heterocycles. The molecule has 3 N–H and O–H groups in total. The molecule has 0 bridgehead atoms. The SMILES string of the molecule is C#CCC(NC(=O)NCCOCC(C)C)C(=O)O. The van der Waals surface area contributed by atoms with E-state index < -0.39 is 18.0 Å². The van der Waals surface area contributed by atoms with Crippen molar-refractivity contribution in [2.24, 2.45) is 5.92 Å². The Morgan fingerprint density at radius 3 is 2.61 bits per heavy atom. The highest BCUT2D eigenvalue weighted by Gasteiger charge is 2.18. The van der Waals surface area contributed by atoms with Gasteiger partial charge in [-0.15, -0.1) is 12.3 Å². The number of hydrogen-bond acceptors (Lipinski definition) is 3. The quantitative estimate of drug-likeness (QED) is 0.434. The summed E-state index contributed by atoms with van der Waals surface area (Å²) in [5.41, 5.74) is 0. The van der Waals surface area contributed by atoms with Crippen LogP contribution in [-0.2, 0) is 9.53 Å². The molecule has 18 heavy (non-hydrogen) atoms. The number of amides is 2. The second-order valence-electron chi connectivity index (χ2n) is 4.17. The third kappa shape index (κ3) is 8.42. The third-order valence-corrected chi connectivity index (χ3v) is 1.91. The van der Waals surface area contributed by atoms with Gasteiger partial charge in [-0.2, -0.15) is 0 Å². The highest BCUT2D eigenvalue weighted by molar-refractivity contribution is 5.82. The van der Waals surface area contributed by atoms with Crippen LogP contribution in [0.4, 0.5) is 4.79 Å². The Hall–Kier alpha value is -1.74. The molecule has 102 valence electrons. The minimum absolute atomic E-state index is 0.0490. The summed E-state index contributed by atoms with van der Waals surface area (Å²) in [6, 6.07) is -1.63. The average molecular weight is 256 g/mol. The Labute approximate surface area is 107 Å². The first kappa shape index (κ1) is 16.3. The molecule has 0 aromatic rings. The summed E-state index contributed by atoms with van der Waals surface area (Å²) < 4.78 is 5.25. The second kappa shape index (κ2) is 9.31. The van der Waals surface area contributed by atoms with Gasteiger partial charge in [-0.25, -0.2) is 9.59 Å². The predicted octanol–water partition coefficient (Wildman–Crippen LogP) is 0.435. The number of carboxylic acid groups (broad SMARTS) is 1. The molecule has 2 amide bonds. The van der Waals surface area contributed by atoms with Crippen LogP contribution in [0.3, 0.4) is 0 Å². The molecule has 0 aliphatic heterocycles. The van der Waals surface area contributed by atoms with Crippen LogP contribution in [-0.4, -0.2) is 42.9 Å². The van der Waals surface area contributed by atoms with Crippen LogP contribution in [0.15, 0.2) is 0 Å². The average Bonchev–Trinajstić information content (AvgIpc) is 2.27. The summed E-state index contributed by atoms with van der Waals surface area (Å²) in [6.07, 6.45) is 4.96. The van der Waals surface area contributed by atoms with E-state index in [4.69, 9.17) is 16.3 Å². The number of carbonyl (C=O) groups excluding carboxylic acids is 1. The first-order valence-electron chi connectivity index (χ1n) is 5.75. The van der Waals surface area contributed by atoms with E-state index in [2.05, 4.69) is 16.6 Å². The maximum atomic E-state index is 11.3. The summed E-state index contributed by atoms with van der Waals surface area (Å²) in [6.45, 7) is 5.38. The lowest BCUT2D eigenvalue weighted by molar-refractivity contribution is -0.139. The van der Waals surface area contributed by atoms with Crippen molar-refractivity contribution in [2.45, 2.75) is 26.3 Å². The molecule has 0 aromatic heterocycles. The van der Waals surface area contributed by atoms with Crippen LogP contribution >= 0.6 is 0 Å². The molecule has 0 rings (SSSR count). The van der Waals surface area contributed by atoms with Gasteiger partial charge in [-0.05, 0) is 5.92 Å². The number of urea groups is 1. The lowest BCUT2D eigenvalue weighted by Gasteiger charge is -2.13. The molecule has 0 aromatic carbocycles. The van der Waals surface area contributed by atoms with Gasteiger partial charge in [0.1, 0.15) is 6.04 Å². The zero-order chi connectivity index (χ0) is 14.0. The van der Waals surface area contributed by atoms with Crippen molar-refractivity contribution < 1.29 is 19.4 Å². The van der Waals surface area contributed by atoms with Crippen molar-refractivity contribution in [3.63, 3.8) is 0 Å². The van der Waals surface area contributed by atoms with Crippen LogP contribution < -0.4 is 10.6 Å². The van der Waals surface area contributed by atoms with Crippen LogP contribution in [0.5, 0.6) is 0 Å². The molecule has 0 aliphatic carbocycles. The number of nitrogens with one attached hydrogen (secondary N) is 2. The number of carboxylic acids is 1. The van der Waals surface area contributed by atoms with Crippen molar-refractivity contribution in [3.05, 3.63) is 0 Å². The van der Waals surface area contributed by atoms with Gasteiger partial charge in [-0.3, -0.25) is 0 Å². The fourth-order valence-corrected chi connectivity index (χ4v) is 1.08.